The first kappa shape index (κ1) is 22.6. The van der Waals surface area contributed by atoms with Gasteiger partial charge in [0.1, 0.15) is 5.75 Å². The molecule has 1 amide bonds. The molecule has 0 aromatic heterocycles. The summed E-state index contributed by atoms with van der Waals surface area (Å²) in [6, 6.07) is 16.5. The molecular formula is C24H33N5O2. The number of primary amides is 1. The van der Waals surface area contributed by atoms with Gasteiger partial charge in [-0.2, -0.15) is 0 Å². The number of guanidine groups is 1. The standard InChI is InChI=1S/C24H33N5O2/c1-26-24(27-14-18-8-10-22(31-2)11-9-18)28-15-19-5-3-6-20(13-19)16-29-12-4-7-21(17-29)23(25)30/h3,5-6,8-11,13,21H,4,7,12,14-17H2,1-2H3,(H2,25,30)(H2,26,27,28). The summed E-state index contributed by atoms with van der Waals surface area (Å²) in [7, 11) is 3.43. The predicted octanol–water partition coefficient (Wildman–Crippen LogP) is 2.26. The number of carbonyl (C=O) groups excluding carboxylic acids is 1. The highest BCUT2D eigenvalue weighted by atomic mass is 16.5. The molecule has 0 saturated carbocycles. The normalized spacial score (nSPS) is 17.2. The van der Waals surface area contributed by atoms with Crippen LogP contribution in [0.1, 0.15) is 29.5 Å². The number of aliphatic imine (C=N–C) groups is 1. The lowest BCUT2D eigenvalue weighted by molar-refractivity contribution is -0.123. The molecule has 166 valence electrons. The first-order valence-corrected chi connectivity index (χ1v) is 10.7. The summed E-state index contributed by atoms with van der Waals surface area (Å²) in [5, 5.41) is 6.71. The number of carbonyl (C=O) groups is 1. The van der Waals surface area contributed by atoms with Crippen molar-refractivity contribution in [1.29, 1.82) is 0 Å². The minimum Gasteiger partial charge on any atom is -0.497 e. The van der Waals surface area contributed by atoms with Crippen LogP contribution in [0.15, 0.2) is 53.5 Å². The molecule has 0 spiro atoms. The SMILES string of the molecule is CN=C(NCc1ccc(OC)cc1)NCc1cccc(CN2CCCC(C(N)=O)C2)c1. The zero-order valence-electron chi connectivity index (χ0n) is 18.4. The van der Waals surface area contributed by atoms with Crippen molar-refractivity contribution in [2.45, 2.75) is 32.5 Å². The van der Waals surface area contributed by atoms with Gasteiger partial charge in [-0.15, -0.1) is 0 Å². The number of benzene rings is 2. The fourth-order valence-corrected chi connectivity index (χ4v) is 3.86. The van der Waals surface area contributed by atoms with Crippen molar-refractivity contribution in [2.75, 3.05) is 27.2 Å². The molecular weight excluding hydrogens is 390 g/mol. The summed E-state index contributed by atoms with van der Waals surface area (Å²) in [6.07, 6.45) is 1.92. The molecule has 2 aromatic rings. The third-order valence-corrected chi connectivity index (χ3v) is 5.61. The average Bonchev–Trinajstić information content (AvgIpc) is 2.80. The molecule has 7 heteroatoms. The summed E-state index contributed by atoms with van der Waals surface area (Å²) in [5.74, 6) is 1.39. The maximum absolute atomic E-state index is 11.5. The number of piperidine rings is 1. The number of rotatable bonds is 8. The Morgan fingerprint density at radius 3 is 2.52 bits per heavy atom. The van der Waals surface area contributed by atoms with E-state index in [0.29, 0.717) is 13.1 Å². The summed E-state index contributed by atoms with van der Waals surface area (Å²) in [4.78, 5) is 18.2. The molecule has 1 heterocycles. The van der Waals surface area contributed by atoms with Gasteiger partial charge in [-0.25, -0.2) is 0 Å². The number of likely N-dealkylation sites (tertiary alicyclic amines) is 1. The van der Waals surface area contributed by atoms with Crippen molar-refractivity contribution in [1.82, 2.24) is 15.5 Å². The number of amides is 1. The number of ether oxygens (including phenoxy) is 1. The van der Waals surface area contributed by atoms with Crippen LogP contribution in [-0.2, 0) is 24.4 Å². The summed E-state index contributed by atoms with van der Waals surface area (Å²) in [6.45, 7) is 3.95. The second-order valence-electron chi connectivity index (χ2n) is 7.92. The van der Waals surface area contributed by atoms with Crippen LogP contribution >= 0.6 is 0 Å². The van der Waals surface area contributed by atoms with Gasteiger partial charge in [0.05, 0.1) is 13.0 Å². The lowest BCUT2D eigenvalue weighted by Crippen LogP contribution is -2.40. The highest BCUT2D eigenvalue weighted by Crippen LogP contribution is 2.19. The van der Waals surface area contributed by atoms with Gasteiger partial charge in [-0.3, -0.25) is 14.7 Å². The zero-order valence-corrected chi connectivity index (χ0v) is 18.4. The van der Waals surface area contributed by atoms with Crippen molar-refractivity contribution in [3.8, 4) is 5.75 Å². The molecule has 7 nitrogen and oxygen atoms in total. The first-order chi connectivity index (χ1) is 15.1. The maximum Gasteiger partial charge on any atom is 0.221 e. The third kappa shape index (κ3) is 7.00. The predicted molar refractivity (Wildman–Crippen MR) is 124 cm³/mol. The highest BCUT2D eigenvalue weighted by molar-refractivity contribution is 5.79. The number of methoxy groups -OCH3 is 1. The van der Waals surface area contributed by atoms with Gasteiger partial charge in [0.15, 0.2) is 5.96 Å². The van der Waals surface area contributed by atoms with E-state index in [1.54, 1.807) is 14.2 Å². The van der Waals surface area contributed by atoms with Crippen molar-refractivity contribution in [3.05, 3.63) is 65.2 Å². The number of nitrogens with two attached hydrogens (primary N) is 1. The maximum atomic E-state index is 11.5. The zero-order chi connectivity index (χ0) is 22.1. The lowest BCUT2D eigenvalue weighted by Gasteiger charge is -2.31. The van der Waals surface area contributed by atoms with E-state index in [1.807, 2.05) is 24.3 Å². The fraction of sp³-hybridized carbons (Fsp3) is 0.417. The van der Waals surface area contributed by atoms with Crippen molar-refractivity contribution < 1.29 is 9.53 Å². The number of hydrogen-bond acceptors (Lipinski definition) is 4. The molecule has 0 radical (unpaired) electrons. The van der Waals surface area contributed by atoms with Crippen LogP contribution in [0.25, 0.3) is 0 Å². The van der Waals surface area contributed by atoms with Gasteiger partial charge in [0, 0.05) is 33.2 Å². The lowest BCUT2D eigenvalue weighted by atomic mass is 9.97. The van der Waals surface area contributed by atoms with Gasteiger partial charge in [0.25, 0.3) is 0 Å². The van der Waals surface area contributed by atoms with Crippen LogP contribution < -0.4 is 21.1 Å². The van der Waals surface area contributed by atoms with E-state index in [-0.39, 0.29) is 11.8 Å². The molecule has 0 bridgehead atoms. The van der Waals surface area contributed by atoms with E-state index in [0.717, 1.165) is 49.7 Å². The molecule has 2 aromatic carbocycles. The van der Waals surface area contributed by atoms with Crippen LogP contribution in [0.3, 0.4) is 0 Å². The minimum absolute atomic E-state index is 0.0290. The van der Waals surface area contributed by atoms with Gasteiger partial charge < -0.3 is 21.1 Å². The summed E-state index contributed by atoms with van der Waals surface area (Å²) >= 11 is 0. The van der Waals surface area contributed by atoms with Crippen LogP contribution in [0.4, 0.5) is 0 Å². The van der Waals surface area contributed by atoms with Gasteiger partial charge in [0.2, 0.25) is 5.91 Å². The van der Waals surface area contributed by atoms with Gasteiger partial charge >= 0.3 is 0 Å². The Morgan fingerprint density at radius 1 is 1.13 bits per heavy atom. The second kappa shape index (κ2) is 11.4. The molecule has 4 N–H and O–H groups in total. The monoisotopic (exact) mass is 423 g/mol. The van der Waals surface area contributed by atoms with E-state index in [2.05, 4.69) is 44.8 Å². The molecule has 1 fully saturated rings. The minimum atomic E-state index is -0.184. The highest BCUT2D eigenvalue weighted by Gasteiger charge is 2.23. The first-order valence-electron chi connectivity index (χ1n) is 10.7. The number of nitrogens with one attached hydrogen (secondary N) is 2. The van der Waals surface area contributed by atoms with Crippen molar-refractivity contribution in [3.63, 3.8) is 0 Å². The molecule has 1 saturated heterocycles. The molecule has 0 aliphatic carbocycles. The Kier molecular flexibility index (Phi) is 8.29. The van der Waals surface area contributed by atoms with Crippen molar-refractivity contribution in [2.24, 2.45) is 16.6 Å². The smallest absolute Gasteiger partial charge is 0.221 e. The number of hydrogen-bond donors (Lipinski definition) is 3. The Hall–Kier alpha value is -3.06. The number of nitrogens with zero attached hydrogens (tertiary/aromatic N) is 2. The summed E-state index contributed by atoms with van der Waals surface area (Å²) in [5.41, 5.74) is 9.09. The van der Waals surface area contributed by atoms with Gasteiger partial charge in [-0.05, 0) is 48.2 Å². The molecule has 1 unspecified atom stereocenters. The third-order valence-electron chi connectivity index (χ3n) is 5.61. The van der Waals surface area contributed by atoms with E-state index in [1.165, 1.54) is 11.1 Å². The van der Waals surface area contributed by atoms with Gasteiger partial charge in [-0.1, -0.05) is 36.4 Å². The van der Waals surface area contributed by atoms with Crippen molar-refractivity contribution >= 4 is 11.9 Å². The Labute approximate surface area is 184 Å². The van der Waals surface area contributed by atoms with Crippen LogP contribution in [0.2, 0.25) is 0 Å². The molecule has 3 rings (SSSR count). The van der Waals surface area contributed by atoms with E-state index >= 15 is 0 Å². The molecule has 1 aliphatic heterocycles. The van der Waals surface area contributed by atoms with Crippen LogP contribution in [-0.4, -0.2) is 44.0 Å². The van der Waals surface area contributed by atoms with Crippen LogP contribution in [0, 0.1) is 5.92 Å². The Balaban J connectivity index is 1.49. The largest absolute Gasteiger partial charge is 0.497 e. The van der Waals surface area contributed by atoms with E-state index in [9.17, 15) is 4.79 Å². The fourth-order valence-electron chi connectivity index (χ4n) is 3.86. The topological polar surface area (TPSA) is 92.0 Å². The summed E-state index contributed by atoms with van der Waals surface area (Å²) < 4.78 is 5.20. The van der Waals surface area contributed by atoms with E-state index in [4.69, 9.17) is 10.5 Å². The average molecular weight is 424 g/mol. The van der Waals surface area contributed by atoms with Crippen LogP contribution in [0.5, 0.6) is 5.75 Å². The Morgan fingerprint density at radius 2 is 1.84 bits per heavy atom. The second-order valence-corrected chi connectivity index (χ2v) is 7.92. The Bertz CT molecular complexity index is 882. The van der Waals surface area contributed by atoms with E-state index < -0.39 is 0 Å². The molecule has 1 atom stereocenters. The molecule has 31 heavy (non-hydrogen) atoms. The quantitative estimate of drug-likeness (QED) is 0.447. The molecule has 1 aliphatic rings.